The van der Waals surface area contributed by atoms with Crippen LogP contribution in [0.3, 0.4) is 0 Å². The van der Waals surface area contributed by atoms with Crippen LogP contribution in [0.25, 0.3) is 0 Å². The lowest BCUT2D eigenvalue weighted by Crippen LogP contribution is -2.09. The van der Waals surface area contributed by atoms with Gasteiger partial charge in [-0.25, -0.2) is 4.98 Å². The summed E-state index contributed by atoms with van der Waals surface area (Å²) >= 11 is 0. The Kier molecular flexibility index (Phi) is 2.95. The van der Waals surface area contributed by atoms with Crippen LogP contribution in [-0.2, 0) is 6.54 Å². The Labute approximate surface area is 92.6 Å². The number of hydrogen-bond acceptors (Lipinski definition) is 4. The first kappa shape index (κ1) is 10.4. The van der Waals surface area contributed by atoms with E-state index >= 15 is 0 Å². The molecular weight excluding hydrogens is 204 g/mol. The van der Waals surface area contributed by atoms with Crippen LogP contribution in [0.1, 0.15) is 11.4 Å². The van der Waals surface area contributed by atoms with Gasteiger partial charge in [0, 0.05) is 11.8 Å². The van der Waals surface area contributed by atoms with Crippen LogP contribution in [0.15, 0.2) is 35.4 Å². The van der Waals surface area contributed by atoms with Crippen molar-refractivity contribution in [2.75, 3.05) is 5.32 Å². The van der Waals surface area contributed by atoms with E-state index in [9.17, 15) is 4.79 Å². The monoisotopic (exact) mass is 216 g/mol. The van der Waals surface area contributed by atoms with Crippen LogP contribution in [0.4, 0.5) is 5.82 Å². The van der Waals surface area contributed by atoms with Gasteiger partial charge in [-0.3, -0.25) is 9.78 Å². The second-order valence-electron chi connectivity index (χ2n) is 3.42. The molecule has 0 fully saturated rings. The van der Waals surface area contributed by atoms with Gasteiger partial charge in [-0.15, -0.1) is 0 Å². The van der Waals surface area contributed by atoms with Gasteiger partial charge in [-0.1, -0.05) is 6.07 Å². The minimum atomic E-state index is -0.172. The first-order valence-corrected chi connectivity index (χ1v) is 4.95. The standard InChI is InChI=1S/C11H12N4O/c1-8-3-2-4-9(15-8)6-12-10-5-11(16)14-7-13-10/h2-5,7H,6H2,1H3,(H2,12,13,14,16). The number of H-pyrrole nitrogens is 1. The molecule has 2 N–H and O–H groups in total. The average Bonchev–Trinajstić information content (AvgIpc) is 2.27. The molecule has 0 aromatic carbocycles. The van der Waals surface area contributed by atoms with E-state index in [0.717, 1.165) is 11.4 Å². The molecule has 5 nitrogen and oxygen atoms in total. The van der Waals surface area contributed by atoms with E-state index < -0.39 is 0 Å². The minimum absolute atomic E-state index is 0.172. The van der Waals surface area contributed by atoms with E-state index in [4.69, 9.17) is 0 Å². The molecule has 0 radical (unpaired) electrons. The van der Waals surface area contributed by atoms with Crippen molar-refractivity contribution < 1.29 is 0 Å². The molecule has 5 heteroatoms. The molecule has 16 heavy (non-hydrogen) atoms. The van der Waals surface area contributed by atoms with Crippen molar-refractivity contribution in [2.24, 2.45) is 0 Å². The Morgan fingerprint density at radius 1 is 1.44 bits per heavy atom. The highest BCUT2D eigenvalue weighted by atomic mass is 16.1. The van der Waals surface area contributed by atoms with Crippen LogP contribution >= 0.6 is 0 Å². The van der Waals surface area contributed by atoms with Crippen molar-refractivity contribution in [3.05, 3.63) is 52.3 Å². The molecule has 0 bridgehead atoms. The molecule has 0 amide bonds. The number of aromatic amines is 1. The lowest BCUT2D eigenvalue weighted by Gasteiger charge is -2.04. The number of aromatic nitrogens is 3. The van der Waals surface area contributed by atoms with Crippen LogP contribution < -0.4 is 10.9 Å². The molecule has 2 aromatic heterocycles. The fourth-order valence-electron chi connectivity index (χ4n) is 1.34. The second kappa shape index (κ2) is 4.57. The van der Waals surface area contributed by atoms with Gasteiger partial charge in [0.2, 0.25) is 0 Å². The summed E-state index contributed by atoms with van der Waals surface area (Å²) in [4.78, 5) is 21.8. The van der Waals surface area contributed by atoms with Gasteiger partial charge >= 0.3 is 0 Å². The smallest absolute Gasteiger partial charge is 0.252 e. The lowest BCUT2D eigenvalue weighted by molar-refractivity contribution is 0.993. The number of nitrogens with one attached hydrogen (secondary N) is 2. The van der Waals surface area contributed by atoms with E-state index in [-0.39, 0.29) is 5.56 Å². The first-order chi connectivity index (χ1) is 7.74. The first-order valence-electron chi connectivity index (χ1n) is 4.95. The van der Waals surface area contributed by atoms with E-state index in [0.29, 0.717) is 12.4 Å². The Bertz CT molecular complexity index is 535. The Hall–Kier alpha value is -2.17. The van der Waals surface area contributed by atoms with E-state index in [1.54, 1.807) is 0 Å². The molecule has 0 aliphatic carbocycles. The SMILES string of the molecule is Cc1cccc(CNc2cc(=O)[nH]cn2)n1. The third-order valence-corrected chi connectivity index (χ3v) is 2.07. The zero-order valence-corrected chi connectivity index (χ0v) is 8.90. The summed E-state index contributed by atoms with van der Waals surface area (Å²) in [5.41, 5.74) is 1.72. The van der Waals surface area contributed by atoms with E-state index in [1.807, 2.05) is 25.1 Å². The number of nitrogens with zero attached hydrogens (tertiary/aromatic N) is 2. The van der Waals surface area contributed by atoms with Crippen molar-refractivity contribution in [1.82, 2.24) is 15.0 Å². The Balaban J connectivity index is 2.05. The minimum Gasteiger partial charge on any atom is -0.364 e. The van der Waals surface area contributed by atoms with Crippen molar-refractivity contribution >= 4 is 5.82 Å². The largest absolute Gasteiger partial charge is 0.364 e. The molecule has 0 aliphatic rings. The predicted octanol–water partition coefficient (Wildman–Crippen LogP) is 1.09. The summed E-state index contributed by atoms with van der Waals surface area (Å²) < 4.78 is 0. The summed E-state index contributed by atoms with van der Waals surface area (Å²) in [5.74, 6) is 0.548. The van der Waals surface area contributed by atoms with Gasteiger partial charge in [0.25, 0.3) is 5.56 Å². The van der Waals surface area contributed by atoms with Crippen molar-refractivity contribution in [2.45, 2.75) is 13.5 Å². The molecule has 0 saturated heterocycles. The molecule has 0 atom stereocenters. The maximum atomic E-state index is 11.0. The van der Waals surface area contributed by atoms with E-state index in [1.165, 1.54) is 12.4 Å². The maximum absolute atomic E-state index is 11.0. The number of rotatable bonds is 3. The molecule has 0 spiro atoms. The molecule has 0 aliphatic heterocycles. The molecule has 2 rings (SSSR count). The van der Waals surface area contributed by atoms with Gasteiger partial charge in [0.15, 0.2) is 0 Å². The topological polar surface area (TPSA) is 70.7 Å². The van der Waals surface area contributed by atoms with Crippen molar-refractivity contribution in [3.63, 3.8) is 0 Å². The summed E-state index contributed by atoms with van der Waals surface area (Å²) in [7, 11) is 0. The molecule has 82 valence electrons. The third-order valence-electron chi connectivity index (χ3n) is 2.07. The normalized spacial score (nSPS) is 10.1. The number of aryl methyl sites for hydroxylation is 1. The van der Waals surface area contributed by atoms with Crippen LogP contribution in [-0.4, -0.2) is 15.0 Å². The van der Waals surface area contributed by atoms with Gasteiger partial charge < -0.3 is 10.3 Å². The Morgan fingerprint density at radius 3 is 3.06 bits per heavy atom. The second-order valence-corrected chi connectivity index (χ2v) is 3.42. The number of anilines is 1. The highest BCUT2D eigenvalue weighted by Crippen LogP contribution is 2.02. The third kappa shape index (κ3) is 2.66. The van der Waals surface area contributed by atoms with Gasteiger partial charge in [0.1, 0.15) is 5.82 Å². The maximum Gasteiger partial charge on any atom is 0.252 e. The fraction of sp³-hybridized carbons (Fsp3) is 0.182. The van der Waals surface area contributed by atoms with Gasteiger partial charge in [-0.2, -0.15) is 0 Å². The summed E-state index contributed by atoms with van der Waals surface area (Å²) in [5, 5.41) is 3.04. The van der Waals surface area contributed by atoms with Gasteiger partial charge in [-0.05, 0) is 19.1 Å². The number of hydrogen-bond donors (Lipinski definition) is 2. The lowest BCUT2D eigenvalue weighted by atomic mass is 10.3. The summed E-state index contributed by atoms with van der Waals surface area (Å²) in [6.45, 7) is 2.49. The van der Waals surface area contributed by atoms with Crippen LogP contribution in [0, 0.1) is 6.92 Å². The average molecular weight is 216 g/mol. The molecule has 2 heterocycles. The van der Waals surface area contributed by atoms with Crippen molar-refractivity contribution in [3.8, 4) is 0 Å². The summed E-state index contributed by atoms with van der Waals surface area (Å²) in [6, 6.07) is 7.22. The van der Waals surface area contributed by atoms with Crippen LogP contribution in [0.2, 0.25) is 0 Å². The summed E-state index contributed by atoms with van der Waals surface area (Å²) in [6.07, 6.45) is 1.37. The number of pyridine rings is 1. The van der Waals surface area contributed by atoms with Gasteiger partial charge in [0.05, 0.1) is 18.6 Å². The molecule has 2 aromatic rings. The van der Waals surface area contributed by atoms with Crippen molar-refractivity contribution in [1.29, 1.82) is 0 Å². The quantitative estimate of drug-likeness (QED) is 0.805. The Morgan fingerprint density at radius 2 is 2.31 bits per heavy atom. The zero-order chi connectivity index (χ0) is 11.4. The van der Waals surface area contributed by atoms with Crippen LogP contribution in [0.5, 0.6) is 0 Å². The fourth-order valence-corrected chi connectivity index (χ4v) is 1.34. The molecular formula is C11H12N4O. The van der Waals surface area contributed by atoms with E-state index in [2.05, 4.69) is 20.3 Å². The highest BCUT2D eigenvalue weighted by Gasteiger charge is 1.97. The zero-order valence-electron chi connectivity index (χ0n) is 8.90. The predicted molar refractivity (Wildman–Crippen MR) is 61.2 cm³/mol. The molecule has 0 unspecified atom stereocenters. The highest BCUT2D eigenvalue weighted by molar-refractivity contribution is 5.32. The molecule has 0 saturated carbocycles.